The number of nitrogens with one attached hydrogen (secondary N) is 2. The number of nitrogens with two attached hydrogens (primary N) is 1. The largest absolute Gasteiger partial charge is 0.396 e. The summed E-state index contributed by atoms with van der Waals surface area (Å²) in [7, 11) is 1.88. The Morgan fingerprint density at radius 2 is 2.00 bits per heavy atom. The normalized spacial score (nSPS) is 11.2. The van der Waals surface area contributed by atoms with E-state index in [1.165, 1.54) is 6.21 Å². The number of aryl methyl sites for hydroxylation is 2. The molecule has 122 valence electrons. The second-order valence-corrected chi connectivity index (χ2v) is 5.90. The van der Waals surface area contributed by atoms with Crippen LogP contribution in [0.15, 0.2) is 5.10 Å². The van der Waals surface area contributed by atoms with Crippen LogP contribution in [0.25, 0.3) is 0 Å². The molecule has 2 aromatic heterocycles. The molecule has 1 amide bonds. The highest BCUT2D eigenvalue weighted by Gasteiger charge is 2.19. The summed E-state index contributed by atoms with van der Waals surface area (Å²) in [5.41, 5.74) is 10.6. The van der Waals surface area contributed by atoms with E-state index in [1.807, 2.05) is 25.6 Å². The smallest absolute Gasteiger partial charge is 0.291 e. The summed E-state index contributed by atoms with van der Waals surface area (Å²) in [6, 6.07) is 0. The summed E-state index contributed by atoms with van der Waals surface area (Å²) in [6.45, 7) is 3.82. The quantitative estimate of drug-likeness (QED) is 0.331. The number of nitrogens with zero attached hydrogens (tertiary/aromatic N) is 3. The number of carbonyl (C=O) groups is 1. The molecule has 0 atom stereocenters. The second kappa shape index (κ2) is 6.74. The molecule has 4 N–H and O–H groups in total. The predicted octanol–water partition coefficient (Wildman–Crippen LogP) is 2.16. The number of anilines is 1. The fourth-order valence-corrected chi connectivity index (χ4v) is 2.52. The van der Waals surface area contributed by atoms with Crippen molar-refractivity contribution < 1.29 is 9.48 Å². The van der Waals surface area contributed by atoms with Crippen LogP contribution in [0.1, 0.15) is 27.4 Å². The highest BCUT2D eigenvalue weighted by molar-refractivity contribution is 6.46. The molecule has 0 aliphatic carbocycles. The molecule has 0 radical (unpaired) electrons. The average molecular weight is 377 g/mol. The summed E-state index contributed by atoms with van der Waals surface area (Å²) >= 11 is 17.6. The number of H-pyrrole nitrogens is 1. The van der Waals surface area contributed by atoms with Gasteiger partial charge in [-0.25, -0.2) is 10.4 Å². The van der Waals surface area contributed by atoms with Crippen molar-refractivity contribution in [3.05, 3.63) is 37.8 Å². The summed E-state index contributed by atoms with van der Waals surface area (Å²) in [6.07, 6.45) is 1.52. The maximum absolute atomic E-state index is 12.1. The van der Waals surface area contributed by atoms with E-state index in [-0.39, 0.29) is 26.6 Å². The van der Waals surface area contributed by atoms with E-state index in [4.69, 9.17) is 40.5 Å². The van der Waals surface area contributed by atoms with E-state index >= 15 is 0 Å². The highest BCUT2D eigenvalue weighted by atomic mass is 35.5. The number of amides is 1. The van der Waals surface area contributed by atoms with Crippen LogP contribution in [0, 0.1) is 13.8 Å². The van der Waals surface area contributed by atoms with E-state index in [0.717, 1.165) is 17.0 Å². The minimum absolute atomic E-state index is 0.00258. The summed E-state index contributed by atoms with van der Waals surface area (Å²) in [4.78, 5) is 15.9. The third-order valence-electron chi connectivity index (χ3n) is 3.28. The molecule has 23 heavy (non-hydrogen) atoms. The van der Waals surface area contributed by atoms with Gasteiger partial charge in [0.05, 0.1) is 28.2 Å². The number of hydrogen-bond donors (Lipinski definition) is 3. The van der Waals surface area contributed by atoms with Gasteiger partial charge in [-0.1, -0.05) is 34.8 Å². The van der Waals surface area contributed by atoms with Crippen molar-refractivity contribution in [1.29, 1.82) is 0 Å². The van der Waals surface area contributed by atoms with Crippen molar-refractivity contribution in [3.8, 4) is 0 Å². The van der Waals surface area contributed by atoms with Gasteiger partial charge in [0.2, 0.25) is 5.69 Å². The molecule has 0 aromatic carbocycles. The van der Waals surface area contributed by atoms with Gasteiger partial charge >= 0.3 is 0 Å². The lowest BCUT2D eigenvalue weighted by molar-refractivity contribution is -0.732. The van der Waals surface area contributed by atoms with E-state index in [2.05, 4.69) is 20.6 Å². The zero-order valence-corrected chi connectivity index (χ0v) is 14.8. The first-order valence-electron chi connectivity index (χ1n) is 6.42. The van der Waals surface area contributed by atoms with Gasteiger partial charge in [-0.2, -0.15) is 10.2 Å². The Bertz CT molecular complexity index is 815. The fourth-order valence-electron chi connectivity index (χ4n) is 1.93. The molecule has 0 saturated heterocycles. The van der Waals surface area contributed by atoms with Gasteiger partial charge in [0, 0.05) is 6.92 Å². The van der Waals surface area contributed by atoms with Gasteiger partial charge in [0.1, 0.15) is 5.02 Å². The lowest BCUT2D eigenvalue weighted by Gasteiger charge is -2.07. The van der Waals surface area contributed by atoms with Crippen LogP contribution in [-0.2, 0) is 7.05 Å². The summed E-state index contributed by atoms with van der Waals surface area (Å²) in [5.74, 6) is -0.647. The Morgan fingerprint density at radius 3 is 2.57 bits per heavy atom. The molecule has 0 bridgehead atoms. The zero-order valence-electron chi connectivity index (χ0n) is 12.5. The van der Waals surface area contributed by atoms with Crippen molar-refractivity contribution >= 4 is 52.6 Å². The van der Waals surface area contributed by atoms with Gasteiger partial charge in [-0.05, 0) is 6.92 Å². The Labute approximate surface area is 147 Å². The van der Waals surface area contributed by atoms with E-state index < -0.39 is 5.91 Å². The summed E-state index contributed by atoms with van der Waals surface area (Å²) in [5, 5.41) is 6.83. The van der Waals surface area contributed by atoms with Crippen molar-refractivity contribution in [2.75, 3.05) is 5.73 Å². The zero-order chi connectivity index (χ0) is 17.3. The van der Waals surface area contributed by atoms with Crippen molar-refractivity contribution in [1.82, 2.24) is 15.5 Å². The maximum atomic E-state index is 12.1. The number of aromatic nitrogens is 3. The molecule has 0 spiro atoms. The number of pyridine rings is 1. The third-order valence-corrected chi connectivity index (χ3v) is 4.41. The van der Waals surface area contributed by atoms with Crippen LogP contribution in [0.5, 0.6) is 0 Å². The van der Waals surface area contributed by atoms with Crippen LogP contribution in [-0.4, -0.2) is 22.2 Å². The number of aromatic amines is 1. The molecule has 0 saturated carbocycles. The number of nitrogen functional groups attached to an aromatic ring is 1. The fraction of sp³-hybridized carbons (Fsp3) is 0.231. The molecule has 0 unspecified atom stereocenters. The van der Waals surface area contributed by atoms with E-state index in [1.54, 1.807) is 0 Å². The molecule has 10 heteroatoms. The molecule has 0 fully saturated rings. The molecular weight excluding hydrogens is 363 g/mol. The number of hydrogen-bond acceptors (Lipinski definition) is 4. The molecule has 0 aliphatic rings. The summed E-state index contributed by atoms with van der Waals surface area (Å²) < 4.78 is 1.84. The van der Waals surface area contributed by atoms with Crippen LogP contribution < -0.4 is 15.8 Å². The molecule has 2 rings (SSSR count). The van der Waals surface area contributed by atoms with Crippen LogP contribution >= 0.6 is 34.8 Å². The predicted molar refractivity (Wildman–Crippen MR) is 90.2 cm³/mol. The maximum Gasteiger partial charge on any atom is 0.291 e. The van der Waals surface area contributed by atoms with Crippen LogP contribution in [0.3, 0.4) is 0 Å². The number of halogens is 3. The average Bonchev–Trinajstić information content (AvgIpc) is 2.74. The SMILES string of the molecule is Cc1[nH][n+](C)c(C)c1/C=N/NC(=O)c1nc(Cl)c(Cl)c(N)c1Cl. The lowest BCUT2D eigenvalue weighted by atomic mass is 10.2. The monoisotopic (exact) mass is 375 g/mol. The number of rotatable bonds is 3. The van der Waals surface area contributed by atoms with Gasteiger partial charge in [0.15, 0.2) is 17.9 Å². The standard InChI is InChI=1S/C13H13Cl3N6O/c1-5-7(6(2)22(3)21-5)4-18-20-13(23)11-8(14)10(17)9(15)12(16)19-11/h4H,1-3H3,(H3,17,19,20,23)/p+1/b18-4+. The number of hydrazone groups is 1. The Kier molecular flexibility index (Phi) is 5.13. The van der Waals surface area contributed by atoms with Gasteiger partial charge in [-0.15, -0.1) is 4.68 Å². The Balaban J connectivity index is 2.22. The Morgan fingerprint density at radius 1 is 1.35 bits per heavy atom. The topological polar surface area (TPSA) is 100 Å². The first kappa shape index (κ1) is 17.5. The minimum Gasteiger partial charge on any atom is -0.396 e. The minimum atomic E-state index is -0.647. The Hall–Kier alpha value is -1.83. The molecule has 2 heterocycles. The molecule has 0 aliphatic heterocycles. The van der Waals surface area contributed by atoms with E-state index in [0.29, 0.717) is 0 Å². The van der Waals surface area contributed by atoms with Gasteiger partial charge in [0.25, 0.3) is 5.91 Å². The van der Waals surface area contributed by atoms with Gasteiger partial charge in [-0.3, -0.25) is 4.79 Å². The molecule has 2 aromatic rings. The third kappa shape index (κ3) is 3.41. The molecular formula is C13H14Cl3N6O+. The second-order valence-electron chi connectivity index (χ2n) is 4.79. The van der Waals surface area contributed by atoms with Crippen molar-refractivity contribution in [3.63, 3.8) is 0 Å². The van der Waals surface area contributed by atoms with Crippen molar-refractivity contribution in [2.24, 2.45) is 12.1 Å². The lowest BCUT2D eigenvalue weighted by Crippen LogP contribution is -2.32. The molecule has 7 nitrogen and oxygen atoms in total. The van der Waals surface area contributed by atoms with E-state index in [9.17, 15) is 4.79 Å². The van der Waals surface area contributed by atoms with Crippen LogP contribution in [0.4, 0.5) is 5.69 Å². The van der Waals surface area contributed by atoms with Crippen molar-refractivity contribution in [2.45, 2.75) is 13.8 Å². The first-order chi connectivity index (χ1) is 10.7. The highest BCUT2D eigenvalue weighted by Crippen LogP contribution is 2.34. The van der Waals surface area contributed by atoms with Gasteiger partial charge < -0.3 is 5.73 Å². The van der Waals surface area contributed by atoms with Crippen LogP contribution in [0.2, 0.25) is 15.2 Å². The number of carbonyl (C=O) groups excluding carboxylic acids is 1. The first-order valence-corrected chi connectivity index (χ1v) is 7.56.